The minimum Gasteiger partial charge on any atom is -0.472 e. The summed E-state index contributed by atoms with van der Waals surface area (Å²) in [5.74, 6) is 0.0742. The van der Waals surface area contributed by atoms with Crippen molar-refractivity contribution in [3.8, 4) is 0 Å². The van der Waals surface area contributed by atoms with Crippen LogP contribution in [0.25, 0.3) is 0 Å². The second-order valence-corrected chi connectivity index (χ2v) is 4.69. The van der Waals surface area contributed by atoms with Gasteiger partial charge in [0.05, 0.1) is 11.8 Å². The van der Waals surface area contributed by atoms with E-state index in [0.717, 1.165) is 36.0 Å². The van der Waals surface area contributed by atoms with E-state index in [1.54, 1.807) is 12.3 Å². The molecule has 1 aromatic heterocycles. The minimum absolute atomic E-state index is 0.0742. The number of hydrogen-bond acceptors (Lipinski definition) is 2. The first-order chi connectivity index (χ1) is 9.21. The predicted molar refractivity (Wildman–Crippen MR) is 76.7 cm³/mol. The number of carbonyl (C=O) groups excluding carboxylic acids is 1. The van der Waals surface area contributed by atoms with Crippen LogP contribution in [0.4, 0.5) is 0 Å². The summed E-state index contributed by atoms with van der Waals surface area (Å²) in [6, 6.07) is 6.05. The summed E-state index contributed by atoms with van der Waals surface area (Å²) in [6.07, 6.45) is 5.82. The molecule has 0 atom stereocenters. The number of furan rings is 1. The van der Waals surface area contributed by atoms with E-state index >= 15 is 0 Å². The third-order valence-corrected chi connectivity index (χ3v) is 3.54. The molecule has 0 saturated carbocycles. The van der Waals surface area contributed by atoms with Gasteiger partial charge in [0.1, 0.15) is 6.26 Å². The third-order valence-electron chi connectivity index (χ3n) is 3.54. The largest absolute Gasteiger partial charge is 0.472 e. The van der Waals surface area contributed by atoms with Gasteiger partial charge in [-0.05, 0) is 42.0 Å². The summed E-state index contributed by atoms with van der Waals surface area (Å²) in [6.45, 7) is 6.34. The molecule has 0 amide bonds. The molecule has 0 radical (unpaired) electrons. The highest BCUT2D eigenvalue weighted by atomic mass is 16.3. The Balaban J connectivity index is 2.57. The molecule has 0 aliphatic heterocycles. The van der Waals surface area contributed by atoms with Crippen LogP contribution in [0, 0.1) is 0 Å². The van der Waals surface area contributed by atoms with Gasteiger partial charge >= 0.3 is 0 Å². The van der Waals surface area contributed by atoms with Crippen LogP contribution in [0.1, 0.15) is 53.4 Å². The highest BCUT2D eigenvalue weighted by molar-refractivity contribution is 6.10. The lowest BCUT2D eigenvalue weighted by Crippen LogP contribution is -2.09. The van der Waals surface area contributed by atoms with Crippen LogP contribution in [-0.4, -0.2) is 5.78 Å². The van der Waals surface area contributed by atoms with Crippen LogP contribution in [-0.2, 0) is 19.3 Å². The molecule has 19 heavy (non-hydrogen) atoms. The van der Waals surface area contributed by atoms with Crippen LogP contribution in [0.2, 0.25) is 0 Å². The molecule has 0 bridgehead atoms. The normalized spacial score (nSPS) is 10.7. The van der Waals surface area contributed by atoms with E-state index in [1.165, 1.54) is 11.8 Å². The maximum Gasteiger partial charge on any atom is 0.196 e. The van der Waals surface area contributed by atoms with Crippen LogP contribution in [0.3, 0.4) is 0 Å². The third kappa shape index (κ3) is 2.62. The Labute approximate surface area is 114 Å². The molecule has 0 unspecified atom stereocenters. The van der Waals surface area contributed by atoms with Gasteiger partial charge in [0.25, 0.3) is 0 Å². The summed E-state index contributed by atoms with van der Waals surface area (Å²) in [5.41, 5.74) is 5.08. The van der Waals surface area contributed by atoms with Gasteiger partial charge < -0.3 is 4.42 Å². The van der Waals surface area contributed by atoms with Gasteiger partial charge in [0, 0.05) is 5.56 Å². The zero-order chi connectivity index (χ0) is 13.8. The van der Waals surface area contributed by atoms with Crippen LogP contribution < -0.4 is 0 Å². The van der Waals surface area contributed by atoms with E-state index in [9.17, 15) is 4.79 Å². The van der Waals surface area contributed by atoms with Crippen molar-refractivity contribution in [1.29, 1.82) is 0 Å². The molecule has 0 saturated heterocycles. The van der Waals surface area contributed by atoms with Crippen molar-refractivity contribution >= 4 is 5.78 Å². The van der Waals surface area contributed by atoms with Crippen molar-refractivity contribution in [3.63, 3.8) is 0 Å². The maximum absolute atomic E-state index is 12.6. The molecule has 1 aromatic carbocycles. The molecule has 2 rings (SSSR count). The van der Waals surface area contributed by atoms with Gasteiger partial charge in [-0.1, -0.05) is 32.9 Å². The summed E-state index contributed by atoms with van der Waals surface area (Å²) in [5, 5.41) is 0. The van der Waals surface area contributed by atoms with Crippen molar-refractivity contribution in [3.05, 3.63) is 58.5 Å². The van der Waals surface area contributed by atoms with E-state index in [-0.39, 0.29) is 5.78 Å². The predicted octanol–water partition coefficient (Wildman–Crippen LogP) is 4.20. The van der Waals surface area contributed by atoms with Gasteiger partial charge in [-0.25, -0.2) is 0 Å². The lowest BCUT2D eigenvalue weighted by Gasteiger charge is -2.14. The number of rotatable bonds is 5. The molecule has 100 valence electrons. The molecule has 2 nitrogen and oxygen atoms in total. The zero-order valence-electron chi connectivity index (χ0n) is 11.8. The van der Waals surface area contributed by atoms with Crippen molar-refractivity contribution in [1.82, 2.24) is 0 Å². The average Bonchev–Trinajstić information content (AvgIpc) is 2.99. The zero-order valence-corrected chi connectivity index (χ0v) is 11.8. The van der Waals surface area contributed by atoms with E-state index in [1.807, 2.05) is 0 Å². The van der Waals surface area contributed by atoms with E-state index < -0.39 is 0 Å². The Morgan fingerprint density at radius 1 is 1.05 bits per heavy atom. The van der Waals surface area contributed by atoms with Crippen molar-refractivity contribution in [2.45, 2.75) is 40.0 Å². The number of benzene rings is 1. The van der Waals surface area contributed by atoms with E-state index in [0.29, 0.717) is 5.56 Å². The Morgan fingerprint density at radius 3 is 2.11 bits per heavy atom. The van der Waals surface area contributed by atoms with Crippen molar-refractivity contribution in [2.24, 2.45) is 0 Å². The van der Waals surface area contributed by atoms with Crippen LogP contribution in [0.15, 0.2) is 35.1 Å². The number of hydrogen-bond donors (Lipinski definition) is 0. The Bertz CT molecular complexity index is 540. The maximum atomic E-state index is 12.6. The molecular formula is C17H20O2. The Morgan fingerprint density at radius 2 is 1.68 bits per heavy atom. The molecule has 2 aromatic rings. The van der Waals surface area contributed by atoms with Gasteiger partial charge in [0.2, 0.25) is 0 Å². The van der Waals surface area contributed by atoms with Crippen molar-refractivity contribution in [2.75, 3.05) is 0 Å². The van der Waals surface area contributed by atoms with Crippen molar-refractivity contribution < 1.29 is 9.21 Å². The second kappa shape index (κ2) is 5.87. The van der Waals surface area contributed by atoms with Gasteiger partial charge in [-0.15, -0.1) is 0 Å². The van der Waals surface area contributed by atoms with Crippen LogP contribution in [0.5, 0.6) is 0 Å². The summed E-state index contributed by atoms with van der Waals surface area (Å²) in [7, 11) is 0. The first-order valence-electron chi connectivity index (χ1n) is 6.92. The minimum atomic E-state index is 0.0742. The van der Waals surface area contributed by atoms with Gasteiger partial charge in [-0.2, -0.15) is 0 Å². The molecule has 2 heteroatoms. The lowest BCUT2D eigenvalue weighted by atomic mass is 9.89. The van der Waals surface area contributed by atoms with E-state index in [4.69, 9.17) is 4.42 Å². The summed E-state index contributed by atoms with van der Waals surface area (Å²) in [4.78, 5) is 12.6. The highest BCUT2D eigenvalue weighted by Crippen LogP contribution is 2.23. The topological polar surface area (TPSA) is 30.2 Å². The molecule has 0 fully saturated rings. The number of ketones is 1. The SMILES string of the molecule is CCc1cc(CC)c(C(=O)c2ccoc2)c(CC)c1. The molecule has 1 heterocycles. The number of carbonyl (C=O) groups is 1. The first-order valence-corrected chi connectivity index (χ1v) is 6.92. The average molecular weight is 256 g/mol. The van der Waals surface area contributed by atoms with Crippen LogP contribution >= 0.6 is 0 Å². The quantitative estimate of drug-likeness (QED) is 0.750. The summed E-state index contributed by atoms with van der Waals surface area (Å²) < 4.78 is 5.03. The van der Waals surface area contributed by atoms with Gasteiger partial charge in [0.15, 0.2) is 5.78 Å². The first kappa shape index (κ1) is 13.6. The van der Waals surface area contributed by atoms with E-state index in [2.05, 4.69) is 32.9 Å². The fourth-order valence-electron chi connectivity index (χ4n) is 2.43. The molecule has 0 aliphatic rings. The highest BCUT2D eigenvalue weighted by Gasteiger charge is 2.18. The molecule has 0 N–H and O–H groups in total. The fourth-order valence-corrected chi connectivity index (χ4v) is 2.43. The lowest BCUT2D eigenvalue weighted by molar-refractivity contribution is 0.103. The smallest absolute Gasteiger partial charge is 0.196 e. The Hall–Kier alpha value is -1.83. The summed E-state index contributed by atoms with van der Waals surface area (Å²) >= 11 is 0. The Kier molecular flexibility index (Phi) is 4.20. The molecular weight excluding hydrogens is 236 g/mol. The second-order valence-electron chi connectivity index (χ2n) is 4.69. The molecule has 0 spiro atoms. The standard InChI is InChI=1S/C17H20O2/c1-4-12-9-13(5-2)16(14(6-3)10-12)17(18)15-7-8-19-11-15/h7-11H,4-6H2,1-3H3. The molecule has 0 aliphatic carbocycles. The van der Waals surface area contributed by atoms with Gasteiger partial charge in [-0.3, -0.25) is 4.79 Å². The number of aryl methyl sites for hydroxylation is 3. The monoisotopic (exact) mass is 256 g/mol. The fraction of sp³-hybridized carbons (Fsp3) is 0.353.